The number of hydrogen-bond donors (Lipinski definition) is 3. The van der Waals surface area contributed by atoms with Crippen LogP contribution < -0.4 is 16.0 Å². The van der Waals surface area contributed by atoms with E-state index >= 15 is 0 Å². The number of nitrogens with one attached hydrogen (secondary N) is 3. The Morgan fingerprint density at radius 3 is 2.45 bits per heavy atom. The Labute approximate surface area is 121 Å². The zero-order valence-corrected chi connectivity index (χ0v) is 12.4. The molecule has 3 amide bonds. The lowest BCUT2D eigenvalue weighted by molar-refractivity contribution is -0.124. The zero-order chi connectivity index (χ0) is 15.0. The third-order valence-electron chi connectivity index (χ3n) is 2.43. The summed E-state index contributed by atoms with van der Waals surface area (Å²) in [7, 11) is 0. The molecule has 0 atom stereocenters. The first-order valence-corrected chi connectivity index (χ1v) is 7.24. The monoisotopic (exact) mass is 297 g/mol. The molecule has 7 heteroatoms. The van der Waals surface area contributed by atoms with Crippen molar-refractivity contribution >= 4 is 29.1 Å². The van der Waals surface area contributed by atoms with Crippen LogP contribution in [0, 0.1) is 5.92 Å². The highest BCUT2D eigenvalue weighted by molar-refractivity contribution is 7.12. The quantitative estimate of drug-likeness (QED) is 0.635. The standard InChI is InChI=1S/C13H19N3O3S/c1-9(2)12(18)15-6-5-14-11(17)8-16-13(19)10-4-3-7-20-10/h3-4,7,9H,5-6,8H2,1-2H3,(H,14,17)(H,15,18)(H,16,19). The van der Waals surface area contributed by atoms with E-state index in [2.05, 4.69) is 16.0 Å². The summed E-state index contributed by atoms with van der Waals surface area (Å²) in [6.07, 6.45) is 0. The molecule has 0 fully saturated rings. The van der Waals surface area contributed by atoms with Crippen molar-refractivity contribution in [2.24, 2.45) is 5.92 Å². The van der Waals surface area contributed by atoms with E-state index in [9.17, 15) is 14.4 Å². The van der Waals surface area contributed by atoms with E-state index in [1.54, 1.807) is 31.4 Å². The number of rotatable bonds is 7. The van der Waals surface area contributed by atoms with Gasteiger partial charge in [0.2, 0.25) is 11.8 Å². The second-order valence-electron chi connectivity index (χ2n) is 4.46. The van der Waals surface area contributed by atoms with Gasteiger partial charge in [0, 0.05) is 19.0 Å². The van der Waals surface area contributed by atoms with Gasteiger partial charge in [-0.05, 0) is 11.4 Å². The molecule has 0 aliphatic rings. The molecule has 0 spiro atoms. The maximum Gasteiger partial charge on any atom is 0.261 e. The molecule has 1 heterocycles. The molecule has 0 aromatic carbocycles. The van der Waals surface area contributed by atoms with Gasteiger partial charge in [0.15, 0.2) is 0 Å². The fourth-order valence-corrected chi connectivity index (χ4v) is 1.95. The lowest BCUT2D eigenvalue weighted by atomic mass is 10.2. The third kappa shape index (κ3) is 5.83. The average molecular weight is 297 g/mol. The summed E-state index contributed by atoms with van der Waals surface area (Å²) in [6, 6.07) is 3.47. The smallest absolute Gasteiger partial charge is 0.261 e. The molecule has 0 unspecified atom stereocenters. The fraction of sp³-hybridized carbons (Fsp3) is 0.462. The van der Waals surface area contributed by atoms with Crippen LogP contribution in [0.1, 0.15) is 23.5 Å². The Morgan fingerprint density at radius 1 is 1.15 bits per heavy atom. The van der Waals surface area contributed by atoms with Gasteiger partial charge >= 0.3 is 0 Å². The second kappa shape index (κ2) is 8.31. The Kier molecular flexibility index (Phi) is 6.72. The van der Waals surface area contributed by atoms with Gasteiger partial charge < -0.3 is 16.0 Å². The molecule has 0 aliphatic carbocycles. The van der Waals surface area contributed by atoms with Gasteiger partial charge in [-0.1, -0.05) is 19.9 Å². The first-order chi connectivity index (χ1) is 9.50. The van der Waals surface area contributed by atoms with E-state index in [4.69, 9.17) is 0 Å². The van der Waals surface area contributed by atoms with Crippen LogP contribution in [-0.2, 0) is 9.59 Å². The van der Waals surface area contributed by atoms with Gasteiger partial charge in [0.25, 0.3) is 5.91 Å². The van der Waals surface area contributed by atoms with E-state index < -0.39 is 0 Å². The summed E-state index contributed by atoms with van der Waals surface area (Å²) >= 11 is 1.32. The first kappa shape index (κ1) is 16.2. The van der Waals surface area contributed by atoms with Crippen LogP contribution in [0.3, 0.4) is 0 Å². The highest BCUT2D eigenvalue weighted by Crippen LogP contribution is 2.07. The predicted octanol–water partition coefficient (Wildman–Crippen LogP) is 0.366. The number of carbonyl (C=O) groups excluding carboxylic acids is 3. The molecule has 0 saturated carbocycles. The predicted molar refractivity (Wildman–Crippen MR) is 77.5 cm³/mol. The highest BCUT2D eigenvalue weighted by Gasteiger charge is 2.09. The van der Waals surface area contributed by atoms with Crippen LogP contribution in [0.4, 0.5) is 0 Å². The van der Waals surface area contributed by atoms with Gasteiger partial charge in [-0.25, -0.2) is 0 Å². The van der Waals surface area contributed by atoms with E-state index in [0.29, 0.717) is 18.0 Å². The minimum atomic E-state index is -0.284. The lowest BCUT2D eigenvalue weighted by Crippen LogP contribution is -2.40. The van der Waals surface area contributed by atoms with Gasteiger partial charge in [-0.15, -0.1) is 11.3 Å². The Balaban J connectivity index is 2.12. The Hall–Kier alpha value is -1.89. The molecule has 6 nitrogen and oxygen atoms in total. The number of carbonyl (C=O) groups is 3. The van der Waals surface area contributed by atoms with Crippen molar-refractivity contribution in [2.45, 2.75) is 13.8 Å². The fourth-order valence-electron chi connectivity index (χ4n) is 1.31. The molecular weight excluding hydrogens is 278 g/mol. The van der Waals surface area contributed by atoms with E-state index in [0.717, 1.165) is 0 Å². The van der Waals surface area contributed by atoms with Gasteiger partial charge in [0.05, 0.1) is 11.4 Å². The average Bonchev–Trinajstić information content (AvgIpc) is 2.94. The molecule has 20 heavy (non-hydrogen) atoms. The van der Waals surface area contributed by atoms with Crippen molar-refractivity contribution in [1.29, 1.82) is 0 Å². The van der Waals surface area contributed by atoms with Crippen LogP contribution >= 0.6 is 11.3 Å². The summed E-state index contributed by atoms with van der Waals surface area (Å²) < 4.78 is 0. The zero-order valence-electron chi connectivity index (χ0n) is 11.6. The number of thiophene rings is 1. The van der Waals surface area contributed by atoms with Crippen LogP contribution in [0.15, 0.2) is 17.5 Å². The van der Waals surface area contributed by atoms with Crippen molar-refractivity contribution in [3.05, 3.63) is 22.4 Å². The molecule has 3 N–H and O–H groups in total. The van der Waals surface area contributed by atoms with Crippen molar-refractivity contribution < 1.29 is 14.4 Å². The molecule has 0 bridgehead atoms. The largest absolute Gasteiger partial charge is 0.354 e. The van der Waals surface area contributed by atoms with E-state index in [-0.39, 0.29) is 30.2 Å². The minimum Gasteiger partial charge on any atom is -0.354 e. The molecule has 0 saturated heterocycles. The normalized spacial score (nSPS) is 10.2. The van der Waals surface area contributed by atoms with E-state index in [1.807, 2.05) is 0 Å². The molecular formula is C13H19N3O3S. The summed E-state index contributed by atoms with van der Waals surface area (Å²) in [4.78, 5) is 34.9. The maximum atomic E-state index is 11.6. The Bertz CT molecular complexity index is 457. The van der Waals surface area contributed by atoms with Crippen molar-refractivity contribution in [3.8, 4) is 0 Å². The minimum absolute atomic E-state index is 0.0507. The summed E-state index contributed by atoms with van der Waals surface area (Å²) in [6.45, 7) is 4.24. The molecule has 0 radical (unpaired) electrons. The van der Waals surface area contributed by atoms with Gasteiger partial charge in [-0.2, -0.15) is 0 Å². The van der Waals surface area contributed by atoms with Crippen molar-refractivity contribution in [2.75, 3.05) is 19.6 Å². The summed E-state index contributed by atoms with van der Waals surface area (Å²) in [5.41, 5.74) is 0. The Morgan fingerprint density at radius 2 is 1.85 bits per heavy atom. The first-order valence-electron chi connectivity index (χ1n) is 6.37. The van der Waals surface area contributed by atoms with Crippen LogP contribution in [-0.4, -0.2) is 37.4 Å². The molecule has 1 rings (SSSR count). The van der Waals surface area contributed by atoms with Crippen LogP contribution in [0.25, 0.3) is 0 Å². The molecule has 110 valence electrons. The van der Waals surface area contributed by atoms with Crippen molar-refractivity contribution in [1.82, 2.24) is 16.0 Å². The lowest BCUT2D eigenvalue weighted by Gasteiger charge is -2.09. The van der Waals surface area contributed by atoms with E-state index in [1.165, 1.54) is 11.3 Å². The number of amides is 3. The third-order valence-corrected chi connectivity index (χ3v) is 3.29. The van der Waals surface area contributed by atoms with Crippen LogP contribution in [0.5, 0.6) is 0 Å². The molecule has 1 aromatic heterocycles. The highest BCUT2D eigenvalue weighted by atomic mass is 32.1. The maximum absolute atomic E-state index is 11.6. The summed E-state index contributed by atoms with van der Waals surface area (Å²) in [5.74, 6) is -0.669. The van der Waals surface area contributed by atoms with Gasteiger partial charge in [-0.3, -0.25) is 14.4 Å². The topological polar surface area (TPSA) is 87.3 Å². The van der Waals surface area contributed by atoms with Crippen molar-refractivity contribution in [3.63, 3.8) is 0 Å². The molecule has 0 aliphatic heterocycles. The second-order valence-corrected chi connectivity index (χ2v) is 5.40. The summed E-state index contributed by atoms with van der Waals surface area (Å²) in [5, 5.41) is 9.62. The number of hydrogen-bond acceptors (Lipinski definition) is 4. The SMILES string of the molecule is CC(C)C(=O)NCCNC(=O)CNC(=O)c1cccs1. The van der Waals surface area contributed by atoms with Gasteiger partial charge in [0.1, 0.15) is 0 Å². The van der Waals surface area contributed by atoms with Crippen LogP contribution in [0.2, 0.25) is 0 Å². The molecule has 1 aromatic rings.